The van der Waals surface area contributed by atoms with Crippen LogP contribution in [0, 0.1) is 5.92 Å². The monoisotopic (exact) mass is 389 g/mol. The van der Waals surface area contributed by atoms with Crippen LogP contribution in [0.3, 0.4) is 0 Å². The lowest BCUT2D eigenvalue weighted by atomic mass is 9.97. The number of hydrogen-bond donors (Lipinski definition) is 0. The SMILES string of the molecule is O=c1ccc(-n2cncn2)nn1CC1CCN(c2ccc3nccnc3n2)CC1. The van der Waals surface area contributed by atoms with Crippen molar-refractivity contribution in [2.24, 2.45) is 5.92 Å². The molecule has 10 heteroatoms. The highest BCUT2D eigenvalue weighted by molar-refractivity contribution is 5.71. The van der Waals surface area contributed by atoms with Crippen LogP contribution < -0.4 is 10.5 Å². The summed E-state index contributed by atoms with van der Waals surface area (Å²) in [7, 11) is 0. The van der Waals surface area contributed by atoms with Gasteiger partial charge in [-0.15, -0.1) is 5.10 Å². The maximum atomic E-state index is 12.2. The van der Waals surface area contributed by atoms with Gasteiger partial charge in [-0.05, 0) is 37.0 Å². The van der Waals surface area contributed by atoms with Crippen molar-refractivity contribution in [3.05, 3.63) is 59.7 Å². The zero-order valence-electron chi connectivity index (χ0n) is 15.7. The van der Waals surface area contributed by atoms with E-state index in [1.165, 1.54) is 17.1 Å². The molecule has 4 aromatic rings. The molecule has 5 heterocycles. The number of pyridine rings is 1. The Balaban J connectivity index is 1.27. The third-order valence-electron chi connectivity index (χ3n) is 5.19. The Hall–Kier alpha value is -3.69. The van der Waals surface area contributed by atoms with Crippen molar-refractivity contribution >= 4 is 17.0 Å². The number of hydrogen-bond acceptors (Lipinski definition) is 8. The van der Waals surface area contributed by atoms with Crippen molar-refractivity contribution in [2.75, 3.05) is 18.0 Å². The number of fused-ring (bicyclic) bond motifs is 1. The summed E-state index contributed by atoms with van der Waals surface area (Å²) in [5.74, 6) is 1.88. The van der Waals surface area contributed by atoms with Gasteiger partial charge in [-0.25, -0.2) is 24.3 Å². The molecule has 0 spiro atoms. The van der Waals surface area contributed by atoms with E-state index in [9.17, 15) is 4.79 Å². The Bertz CT molecular complexity index is 1180. The Morgan fingerprint density at radius 1 is 1.00 bits per heavy atom. The lowest BCUT2D eigenvalue weighted by molar-refractivity contribution is 0.333. The van der Waals surface area contributed by atoms with Crippen LogP contribution in [0.5, 0.6) is 0 Å². The summed E-state index contributed by atoms with van der Waals surface area (Å²) in [6.07, 6.45) is 8.26. The van der Waals surface area contributed by atoms with Crippen molar-refractivity contribution in [1.29, 1.82) is 0 Å². The maximum Gasteiger partial charge on any atom is 0.266 e. The normalized spacial score (nSPS) is 15.1. The molecule has 5 rings (SSSR count). The maximum absolute atomic E-state index is 12.2. The van der Waals surface area contributed by atoms with E-state index in [4.69, 9.17) is 0 Å². The Labute approximate surface area is 165 Å². The number of aromatic nitrogens is 8. The molecule has 29 heavy (non-hydrogen) atoms. The molecule has 146 valence electrons. The predicted octanol–water partition coefficient (Wildman–Crippen LogP) is 1.08. The summed E-state index contributed by atoms with van der Waals surface area (Å²) in [5.41, 5.74) is 1.35. The first kappa shape index (κ1) is 17.4. The number of nitrogens with zero attached hydrogens (tertiary/aromatic N) is 9. The van der Waals surface area contributed by atoms with Gasteiger partial charge in [0.2, 0.25) is 0 Å². The van der Waals surface area contributed by atoms with Crippen LogP contribution in [-0.4, -0.2) is 52.6 Å². The fourth-order valence-electron chi connectivity index (χ4n) is 3.63. The van der Waals surface area contributed by atoms with Gasteiger partial charge in [-0.2, -0.15) is 5.10 Å². The summed E-state index contributed by atoms with van der Waals surface area (Å²) in [6, 6.07) is 7.13. The number of piperidine rings is 1. The molecule has 0 N–H and O–H groups in total. The average Bonchev–Trinajstić information content (AvgIpc) is 3.30. The molecule has 1 saturated heterocycles. The Kier molecular flexibility index (Phi) is 4.43. The summed E-state index contributed by atoms with van der Waals surface area (Å²) >= 11 is 0. The molecule has 4 aromatic heterocycles. The van der Waals surface area contributed by atoms with Gasteiger partial charge in [0.05, 0.1) is 0 Å². The van der Waals surface area contributed by atoms with Gasteiger partial charge in [0.25, 0.3) is 5.56 Å². The molecule has 1 aliphatic rings. The van der Waals surface area contributed by atoms with Crippen molar-refractivity contribution in [1.82, 2.24) is 39.5 Å². The molecule has 0 radical (unpaired) electrons. The highest BCUT2D eigenvalue weighted by Crippen LogP contribution is 2.23. The first-order valence-corrected chi connectivity index (χ1v) is 9.52. The minimum absolute atomic E-state index is 0.105. The molecule has 0 unspecified atom stereocenters. The third-order valence-corrected chi connectivity index (χ3v) is 5.19. The van der Waals surface area contributed by atoms with E-state index in [0.717, 1.165) is 37.3 Å². The minimum atomic E-state index is -0.105. The van der Waals surface area contributed by atoms with Crippen LogP contribution >= 0.6 is 0 Å². The van der Waals surface area contributed by atoms with E-state index in [0.29, 0.717) is 23.9 Å². The quantitative estimate of drug-likeness (QED) is 0.510. The molecular weight excluding hydrogens is 370 g/mol. The van der Waals surface area contributed by atoms with Crippen LogP contribution in [0.4, 0.5) is 5.82 Å². The molecule has 0 aromatic carbocycles. The molecule has 1 aliphatic heterocycles. The Morgan fingerprint density at radius 3 is 2.66 bits per heavy atom. The van der Waals surface area contributed by atoms with Gasteiger partial charge >= 0.3 is 0 Å². The second kappa shape index (κ2) is 7.38. The lowest BCUT2D eigenvalue weighted by Gasteiger charge is -2.32. The molecule has 10 nitrogen and oxygen atoms in total. The van der Waals surface area contributed by atoms with E-state index in [1.54, 1.807) is 29.5 Å². The zero-order valence-corrected chi connectivity index (χ0v) is 15.7. The fraction of sp³-hybridized carbons (Fsp3) is 0.316. The van der Waals surface area contributed by atoms with E-state index < -0.39 is 0 Å². The lowest BCUT2D eigenvalue weighted by Crippen LogP contribution is -2.37. The predicted molar refractivity (Wildman–Crippen MR) is 106 cm³/mol. The smallest absolute Gasteiger partial charge is 0.266 e. The van der Waals surface area contributed by atoms with Crippen LogP contribution in [-0.2, 0) is 6.54 Å². The van der Waals surface area contributed by atoms with Gasteiger partial charge in [-0.3, -0.25) is 9.78 Å². The van der Waals surface area contributed by atoms with Crippen molar-refractivity contribution in [3.63, 3.8) is 0 Å². The molecule has 0 amide bonds. The highest BCUT2D eigenvalue weighted by atomic mass is 16.1. The Morgan fingerprint density at radius 2 is 1.83 bits per heavy atom. The standard InChI is InChI=1S/C19H19N9O/c29-18-4-3-17(28-13-20-12-23-28)25-27(18)11-14-5-9-26(10-6-14)16-2-1-15-19(24-16)22-8-7-21-15/h1-4,7-8,12-14H,5-6,9-11H2. The first-order chi connectivity index (χ1) is 14.3. The summed E-state index contributed by atoms with van der Waals surface area (Å²) in [6.45, 7) is 2.34. The van der Waals surface area contributed by atoms with E-state index in [1.807, 2.05) is 12.1 Å². The molecule has 0 aliphatic carbocycles. The molecular formula is C19H19N9O. The van der Waals surface area contributed by atoms with Gasteiger partial charge in [0, 0.05) is 38.1 Å². The average molecular weight is 389 g/mol. The van der Waals surface area contributed by atoms with E-state index >= 15 is 0 Å². The van der Waals surface area contributed by atoms with Gasteiger partial charge in [0.1, 0.15) is 24.0 Å². The first-order valence-electron chi connectivity index (χ1n) is 9.52. The van der Waals surface area contributed by atoms with Crippen LogP contribution in [0.1, 0.15) is 12.8 Å². The molecule has 0 atom stereocenters. The molecule has 0 bridgehead atoms. The van der Waals surface area contributed by atoms with E-state index in [2.05, 4.69) is 35.0 Å². The van der Waals surface area contributed by atoms with Crippen molar-refractivity contribution < 1.29 is 0 Å². The minimum Gasteiger partial charge on any atom is -0.357 e. The van der Waals surface area contributed by atoms with Crippen LogP contribution in [0.2, 0.25) is 0 Å². The number of anilines is 1. The topological polar surface area (TPSA) is 108 Å². The second-order valence-electron chi connectivity index (χ2n) is 7.05. The van der Waals surface area contributed by atoms with Crippen LogP contribution in [0.25, 0.3) is 17.0 Å². The molecule has 0 saturated carbocycles. The summed E-state index contributed by atoms with van der Waals surface area (Å²) in [4.78, 5) is 31.6. The van der Waals surface area contributed by atoms with Gasteiger partial charge in [0.15, 0.2) is 11.5 Å². The zero-order chi connectivity index (χ0) is 19.6. The van der Waals surface area contributed by atoms with Gasteiger partial charge < -0.3 is 4.90 Å². The molecule has 1 fully saturated rings. The van der Waals surface area contributed by atoms with Crippen molar-refractivity contribution in [3.8, 4) is 5.82 Å². The third kappa shape index (κ3) is 3.56. The van der Waals surface area contributed by atoms with Crippen molar-refractivity contribution in [2.45, 2.75) is 19.4 Å². The summed E-state index contributed by atoms with van der Waals surface area (Å²) < 4.78 is 3.08. The van der Waals surface area contributed by atoms with Gasteiger partial charge in [-0.1, -0.05) is 0 Å². The highest BCUT2D eigenvalue weighted by Gasteiger charge is 2.22. The number of rotatable bonds is 4. The fourth-order valence-corrected chi connectivity index (χ4v) is 3.63. The summed E-state index contributed by atoms with van der Waals surface area (Å²) in [5, 5.41) is 8.52. The van der Waals surface area contributed by atoms with Crippen LogP contribution in [0.15, 0.2) is 54.1 Å². The largest absolute Gasteiger partial charge is 0.357 e. The second-order valence-corrected chi connectivity index (χ2v) is 7.05. The van der Waals surface area contributed by atoms with E-state index in [-0.39, 0.29) is 5.56 Å².